The van der Waals surface area contributed by atoms with E-state index >= 15 is 0 Å². The third-order valence-electron chi connectivity index (χ3n) is 4.44. The standard InChI is InChI=1S/C22H23N3O4/c1-14-9-10-19(28-3)17(11-14)15(2)24-21(26)13-23-22(27)18-12-20(29-25-18)16-7-5-4-6-8-16/h4-12,15H,13H2,1-3H3,(H,23,27)(H,24,26). The Morgan fingerprint density at radius 3 is 2.62 bits per heavy atom. The van der Waals surface area contributed by atoms with E-state index in [9.17, 15) is 9.59 Å². The Morgan fingerprint density at radius 2 is 1.90 bits per heavy atom. The summed E-state index contributed by atoms with van der Waals surface area (Å²) in [5.74, 6) is 0.386. The van der Waals surface area contributed by atoms with Crippen LogP contribution in [-0.2, 0) is 4.79 Å². The van der Waals surface area contributed by atoms with Gasteiger partial charge in [-0.05, 0) is 19.9 Å². The van der Waals surface area contributed by atoms with Crippen molar-refractivity contribution in [2.45, 2.75) is 19.9 Å². The van der Waals surface area contributed by atoms with Crippen LogP contribution in [0.2, 0.25) is 0 Å². The molecule has 0 aliphatic rings. The molecular weight excluding hydrogens is 370 g/mol. The van der Waals surface area contributed by atoms with Crippen LogP contribution in [0.4, 0.5) is 0 Å². The van der Waals surface area contributed by atoms with Gasteiger partial charge in [-0.1, -0.05) is 53.2 Å². The van der Waals surface area contributed by atoms with Crippen molar-refractivity contribution in [3.05, 3.63) is 71.4 Å². The van der Waals surface area contributed by atoms with Gasteiger partial charge in [0.1, 0.15) is 5.75 Å². The zero-order valence-electron chi connectivity index (χ0n) is 16.6. The van der Waals surface area contributed by atoms with Crippen LogP contribution in [0.15, 0.2) is 59.1 Å². The smallest absolute Gasteiger partial charge is 0.273 e. The number of benzene rings is 2. The molecule has 0 aliphatic carbocycles. The lowest BCUT2D eigenvalue weighted by Crippen LogP contribution is -2.38. The van der Waals surface area contributed by atoms with Gasteiger partial charge in [-0.3, -0.25) is 9.59 Å². The molecule has 0 aliphatic heterocycles. The topological polar surface area (TPSA) is 93.5 Å². The van der Waals surface area contributed by atoms with Gasteiger partial charge < -0.3 is 19.9 Å². The van der Waals surface area contributed by atoms with Gasteiger partial charge in [0.15, 0.2) is 11.5 Å². The van der Waals surface area contributed by atoms with Crippen molar-refractivity contribution in [2.24, 2.45) is 0 Å². The van der Waals surface area contributed by atoms with Gasteiger partial charge in [-0.2, -0.15) is 0 Å². The van der Waals surface area contributed by atoms with Crippen LogP contribution in [0.5, 0.6) is 5.75 Å². The number of hydrogen-bond acceptors (Lipinski definition) is 5. The fraction of sp³-hybridized carbons (Fsp3) is 0.227. The minimum absolute atomic E-state index is 0.116. The van der Waals surface area contributed by atoms with E-state index < -0.39 is 5.91 Å². The third-order valence-corrected chi connectivity index (χ3v) is 4.44. The molecule has 3 rings (SSSR count). The van der Waals surface area contributed by atoms with Crippen LogP contribution in [0.25, 0.3) is 11.3 Å². The predicted octanol–water partition coefficient (Wildman–Crippen LogP) is 3.27. The molecule has 7 heteroatoms. The van der Waals surface area contributed by atoms with Crippen molar-refractivity contribution in [1.82, 2.24) is 15.8 Å². The molecule has 0 saturated heterocycles. The number of ether oxygens (including phenoxy) is 1. The molecule has 2 N–H and O–H groups in total. The van der Waals surface area contributed by atoms with E-state index in [4.69, 9.17) is 9.26 Å². The summed E-state index contributed by atoms with van der Waals surface area (Å²) >= 11 is 0. The van der Waals surface area contributed by atoms with Gasteiger partial charge in [0.25, 0.3) is 5.91 Å². The lowest BCUT2D eigenvalue weighted by atomic mass is 10.0. The Bertz CT molecular complexity index is 998. The number of amides is 2. The van der Waals surface area contributed by atoms with Crippen LogP contribution in [0, 0.1) is 6.92 Å². The molecule has 1 aromatic heterocycles. The van der Waals surface area contributed by atoms with Crippen LogP contribution in [0.3, 0.4) is 0 Å². The first-order valence-corrected chi connectivity index (χ1v) is 9.22. The fourth-order valence-electron chi connectivity index (χ4n) is 2.93. The molecule has 0 spiro atoms. The van der Waals surface area contributed by atoms with Crippen LogP contribution in [-0.4, -0.2) is 30.6 Å². The summed E-state index contributed by atoms with van der Waals surface area (Å²) < 4.78 is 10.6. The first-order valence-electron chi connectivity index (χ1n) is 9.22. The molecule has 0 bridgehead atoms. The second-order valence-electron chi connectivity index (χ2n) is 6.66. The maximum absolute atomic E-state index is 12.3. The molecule has 29 heavy (non-hydrogen) atoms. The van der Waals surface area contributed by atoms with Crippen molar-refractivity contribution >= 4 is 11.8 Å². The van der Waals surface area contributed by atoms with Gasteiger partial charge in [0, 0.05) is 17.2 Å². The average molecular weight is 393 g/mol. The molecular formula is C22H23N3O4. The highest BCUT2D eigenvalue weighted by Gasteiger charge is 2.17. The Hall–Kier alpha value is -3.61. The Morgan fingerprint density at radius 1 is 1.14 bits per heavy atom. The minimum atomic E-state index is -0.480. The zero-order chi connectivity index (χ0) is 20.8. The van der Waals surface area contributed by atoms with Crippen LogP contribution >= 0.6 is 0 Å². The molecule has 0 saturated carbocycles. The van der Waals surface area contributed by atoms with Gasteiger partial charge >= 0.3 is 0 Å². The second-order valence-corrected chi connectivity index (χ2v) is 6.66. The summed E-state index contributed by atoms with van der Waals surface area (Å²) in [4.78, 5) is 24.5. The largest absolute Gasteiger partial charge is 0.496 e. The molecule has 2 aromatic carbocycles. The maximum Gasteiger partial charge on any atom is 0.273 e. The summed E-state index contributed by atoms with van der Waals surface area (Å²) in [5.41, 5.74) is 2.87. The van der Waals surface area contributed by atoms with E-state index in [1.165, 1.54) is 0 Å². The van der Waals surface area contributed by atoms with E-state index in [0.717, 1.165) is 16.7 Å². The molecule has 1 atom stereocenters. The molecule has 0 radical (unpaired) electrons. The summed E-state index contributed by atoms with van der Waals surface area (Å²) in [5, 5.41) is 9.19. The second kappa shape index (κ2) is 9.05. The van der Waals surface area contributed by atoms with Gasteiger partial charge in [-0.15, -0.1) is 0 Å². The van der Waals surface area contributed by atoms with Gasteiger partial charge in [-0.25, -0.2) is 0 Å². The first kappa shape index (κ1) is 20.1. The van der Waals surface area contributed by atoms with Crippen LogP contribution in [0.1, 0.15) is 34.6 Å². The Balaban J connectivity index is 1.56. The average Bonchev–Trinajstić information content (AvgIpc) is 3.23. The Labute approximate surface area is 169 Å². The fourth-order valence-corrected chi connectivity index (χ4v) is 2.93. The highest BCUT2D eigenvalue weighted by atomic mass is 16.5. The third kappa shape index (κ3) is 5.01. The molecule has 2 amide bonds. The molecule has 0 fully saturated rings. The number of aryl methyl sites for hydroxylation is 1. The van der Waals surface area contributed by atoms with Crippen molar-refractivity contribution in [3.63, 3.8) is 0 Å². The molecule has 150 valence electrons. The SMILES string of the molecule is COc1ccc(C)cc1C(C)NC(=O)CNC(=O)c1cc(-c2ccccc2)on1. The summed E-state index contributed by atoms with van der Waals surface area (Å²) in [7, 11) is 1.59. The van der Waals surface area contributed by atoms with Crippen molar-refractivity contribution < 1.29 is 18.8 Å². The normalized spacial score (nSPS) is 11.6. The number of nitrogens with zero attached hydrogens (tertiary/aromatic N) is 1. The molecule has 3 aromatic rings. The number of hydrogen-bond donors (Lipinski definition) is 2. The summed E-state index contributed by atoms with van der Waals surface area (Å²) in [6, 6.07) is 16.4. The zero-order valence-corrected chi connectivity index (χ0v) is 16.6. The van der Waals surface area contributed by atoms with E-state index in [0.29, 0.717) is 11.5 Å². The highest BCUT2D eigenvalue weighted by molar-refractivity contribution is 5.95. The van der Waals surface area contributed by atoms with Crippen molar-refractivity contribution in [3.8, 4) is 17.1 Å². The predicted molar refractivity (Wildman–Crippen MR) is 109 cm³/mol. The lowest BCUT2D eigenvalue weighted by Gasteiger charge is -2.18. The Kier molecular flexibility index (Phi) is 6.29. The number of nitrogens with one attached hydrogen (secondary N) is 2. The van der Waals surface area contributed by atoms with Gasteiger partial charge in [0.05, 0.1) is 19.7 Å². The molecule has 7 nitrogen and oxygen atoms in total. The summed E-state index contributed by atoms with van der Waals surface area (Å²) in [6.45, 7) is 3.66. The minimum Gasteiger partial charge on any atom is -0.496 e. The van der Waals surface area contributed by atoms with Crippen molar-refractivity contribution in [2.75, 3.05) is 13.7 Å². The number of aromatic nitrogens is 1. The lowest BCUT2D eigenvalue weighted by molar-refractivity contribution is -0.120. The van der Waals surface area contributed by atoms with Gasteiger partial charge in [0.2, 0.25) is 5.91 Å². The number of methoxy groups -OCH3 is 1. The summed E-state index contributed by atoms with van der Waals surface area (Å²) in [6.07, 6.45) is 0. The van der Waals surface area contributed by atoms with E-state index in [2.05, 4.69) is 15.8 Å². The highest BCUT2D eigenvalue weighted by Crippen LogP contribution is 2.26. The number of carbonyl (C=O) groups excluding carboxylic acids is 2. The van der Waals surface area contributed by atoms with Crippen LogP contribution < -0.4 is 15.4 Å². The first-order chi connectivity index (χ1) is 14.0. The maximum atomic E-state index is 12.3. The number of rotatable bonds is 7. The van der Waals surface area contributed by atoms with Crippen molar-refractivity contribution in [1.29, 1.82) is 0 Å². The monoisotopic (exact) mass is 393 g/mol. The molecule has 1 unspecified atom stereocenters. The van der Waals surface area contributed by atoms with E-state index in [1.807, 2.05) is 62.4 Å². The quantitative estimate of drug-likeness (QED) is 0.643. The molecule has 1 heterocycles. The van der Waals surface area contributed by atoms with E-state index in [1.54, 1.807) is 13.2 Å². The van der Waals surface area contributed by atoms with E-state index in [-0.39, 0.29) is 24.2 Å². The number of carbonyl (C=O) groups is 2.